The first-order valence-electron chi connectivity index (χ1n) is 3.18. The zero-order valence-electron chi connectivity index (χ0n) is 5.65. The molecule has 11 heavy (non-hydrogen) atoms. The Kier molecular flexibility index (Phi) is 1.22. The van der Waals surface area contributed by atoms with Crippen LogP contribution in [0.25, 0.3) is 11.0 Å². The molecule has 1 radical (unpaired) electrons. The van der Waals surface area contributed by atoms with E-state index in [9.17, 15) is 0 Å². The van der Waals surface area contributed by atoms with Crippen molar-refractivity contribution in [1.29, 1.82) is 0 Å². The fourth-order valence-corrected chi connectivity index (χ4v) is 0.882. The van der Waals surface area contributed by atoms with Gasteiger partial charge in [0.1, 0.15) is 11.3 Å². The van der Waals surface area contributed by atoms with Crippen LogP contribution in [0.1, 0.15) is 0 Å². The van der Waals surface area contributed by atoms with Crippen LogP contribution in [-0.4, -0.2) is 15.1 Å². The van der Waals surface area contributed by atoms with Gasteiger partial charge in [-0.05, 0) is 12.1 Å². The van der Waals surface area contributed by atoms with Gasteiger partial charge in [-0.15, -0.1) is 0 Å². The number of aromatic hydroxyl groups is 1. The Morgan fingerprint density at radius 2 is 2.27 bits per heavy atom. The molecule has 0 aliphatic heterocycles. The molecule has 3 heteroatoms. The molecule has 0 aromatic carbocycles. The van der Waals surface area contributed by atoms with Gasteiger partial charge in [-0.2, -0.15) is 0 Å². The van der Waals surface area contributed by atoms with Gasteiger partial charge in [0.25, 0.3) is 0 Å². The number of hydrogen-bond donors (Lipinski definition) is 1. The van der Waals surface area contributed by atoms with E-state index in [1.165, 1.54) is 6.20 Å². The fourth-order valence-electron chi connectivity index (χ4n) is 0.882. The van der Waals surface area contributed by atoms with Crippen molar-refractivity contribution in [2.45, 2.75) is 0 Å². The minimum absolute atomic E-state index is 0.0243. The van der Waals surface area contributed by atoms with E-state index in [4.69, 9.17) is 5.11 Å². The van der Waals surface area contributed by atoms with Gasteiger partial charge in [0.2, 0.25) is 0 Å². The van der Waals surface area contributed by atoms with Crippen LogP contribution in [0.3, 0.4) is 0 Å². The Labute approximate surface area is 63.3 Å². The zero-order chi connectivity index (χ0) is 7.68. The van der Waals surface area contributed by atoms with E-state index in [0.29, 0.717) is 5.52 Å². The van der Waals surface area contributed by atoms with Crippen LogP contribution in [0.4, 0.5) is 0 Å². The molecule has 2 heterocycles. The van der Waals surface area contributed by atoms with Gasteiger partial charge in [0, 0.05) is 6.20 Å². The molecular weight excluding hydrogens is 140 g/mol. The smallest absolute Gasteiger partial charge is 0.144 e. The van der Waals surface area contributed by atoms with E-state index < -0.39 is 0 Å². The first-order chi connectivity index (χ1) is 5.36. The molecule has 2 aromatic heterocycles. The van der Waals surface area contributed by atoms with Crippen molar-refractivity contribution in [3.63, 3.8) is 0 Å². The predicted molar refractivity (Wildman–Crippen MR) is 40.0 cm³/mol. The molecule has 53 valence electrons. The standard InChI is InChI=1S/C8H5N2O/c11-6-4-8-7(10-5-6)2-1-3-9-8/h1-3,5,11H. The van der Waals surface area contributed by atoms with Crippen molar-refractivity contribution >= 4 is 11.0 Å². The topological polar surface area (TPSA) is 46.0 Å². The third-order valence-electron chi connectivity index (χ3n) is 1.36. The molecule has 0 atom stereocenters. The van der Waals surface area contributed by atoms with Gasteiger partial charge in [0.05, 0.1) is 17.8 Å². The van der Waals surface area contributed by atoms with Crippen molar-refractivity contribution in [3.8, 4) is 5.75 Å². The van der Waals surface area contributed by atoms with E-state index in [0.717, 1.165) is 5.52 Å². The minimum atomic E-state index is 0.0243. The summed E-state index contributed by atoms with van der Waals surface area (Å²) >= 11 is 0. The summed E-state index contributed by atoms with van der Waals surface area (Å²) in [7, 11) is 0. The van der Waals surface area contributed by atoms with Gasteiger partial charge in [-0.25, -0.2) is 0 Å². The average molecular weight is 145 g/mol. The molecule has 0 saturated heterocycles. The van der Waals surface area contributed by atoms with Crippen molar-refractivity contribution in [1.82, 2.24) is 9.97 Å². The van der Waals surface area contributed by atoms with Crippen molar-refractivity contribution in [2.24, 2.45) is 0 Å². The summed E-state index contributed by atoms with van der Waals surface area (Å²) < 4.78 is 0. The molecule has 2 aromatic rings. The van der Waals surface area contributed by atoms with Crippen LogP contribution in [0.15, 0.2) is 24.5 Å². The van der Waals surface area contributed by atoms with Gasteiger partial charge >= 0.3 is 0 Å². The fraction of sp³-hybridized carbons (Fsp3) is 0. The maximum Gasteiger partial charge on any atom is 0.144 e. The largest absolute Gasteiger partial charge is 0.506 e. The molecule has 0 fully saturated rings. The number of pyridine rings is 2. The van der Waals surface area contributed by atoms with Crippen LogP contribution in [0, 0.1) is 6.07 Å². The lowest BCUT2D eigenvalue weighted by molar-refractivity contribution is 0.472. The summed E-state index contributed by atoms with van der Waals surface area (Å²) in [5.74, 6) is 0.0243. The molecule has 0 spiro atoms. The first kappa shape index (κ1) is 6.09. The molecular formula is C8H5N2O. The van der Waals surface area contributed by atoms with E-state index >= 15 is 0 Å². The Hall–Kier alpha value is -1.64. The minimum Gasteiger partial charge on any atom is -0.506 e. The number of nitrogens with zero attached hydrogens (tertiary/aromatic N) is 2. The summed E-state index contributed by atoms with van der Waals surface area (Å²) in [5, 5.41) is 8.97. The second kappa shape index (κ2) is 2.20. The van der Waals surface area contributed by atoms with Crippen molar-refractivity contribution in [3.05, 3.63) is 30.6 Å². The molecule has 0 amide bonds. The van der Waals surface area contributed by atoms with E-state index in [1.807, 2.05) is 6.07 Å². The maximum absolute atomic E-state index is 8.97. The normalized spacial score (nSPS) is 10.2. The molecule has 2 rings (SSSR count). The number of aromatic nitrogens is 2. The van der Waals surface area contributed by atoms with E-state index in [1.54, 1.807) is 12.3 Å². The lowest BCUT2D eigenvalue weighted by Gasteiger charge is -1.93. The Balaban J connectivity index is 2.83. The third kappa shape index (κ3) is 1.00. The van der Waals surface area contributed by atoms with Crippen molar-refractivity contribution < 1.29 is 5.11 Å². The lowest BCUT2D eigenvalue weighted by atomic mass is 10.3. The highest BCUT2D eigenvalue weighted by Gasteiger charge is 1.95. The number of hydrogen-bond acceptors (Lipinski definition) is 3. The van der Waals surface area contributed by atoms with Gasteiger partial charge in [0.15, 0.2) is 0 Å². The summed E-state index contributed by atoms with van der Waals surface area (Å²) in [5.41, 5.74) is 1.33. The van der Waals surface area contributed by atoms with Gasteiger partial charge in [-0.1, -0.05) is 0 Å². The monoisotopic (exact) mass is 145 g/mol. The van der Waals surface area contributed by atoms with E-state index in [2.05, 4.69) is 16.0 Å². The molecule has 0 aliphatic rings. The van der Waals surface area contributed by atoms with Crippen LogP contribution < -0.4 is 0 Å². The Morgan fingerprint density at radius 3 is 3.18 bits per heavy atom. The lowest BCUT2D eigenvalue weighted by Crippen LogP contribution is -1.80. The predicted octanol–water partition coefficient (Wildman–Crippen LogP) is 1.14. The second-order valence-electron chi connectivity index (χ2n) is 2.14. The Bertz CT molecular complexity index is 387. The van der Waals surface area contributed by atoms with E-state index in [-0.39, 0.29) is 5.75 Å². The van der Waals surface area contributed by atoms with Crippen molar-refractivity contribution in [2.75, 3.05) is 0 Å². The molecule has 0 aliphatic carbocycles. The molecule has 0 saturated carbocycles. The summed E-state index contributed by atoms with van der Waals surface area (Å²) in [4.78, 5) is 7.90. The quantitative estimate of drug-likeness (QED) is 0.604. The summed E-state index contributed by atoms with van der Waals surface area (Å²) in [6, 6.07) is 6.28. The highest BCUT2D eigenvalue weighted by atomic mass is 16.3. The first-order valence-corrected chi connectivity index (χ1v) is 3.18. The Morgan fingerprint density at radius 1 is 1.36 bits per heavy atom. The summed E-state index contributed by atoms with van der Waals surface area (Å²) in [6.45, 7) is 0. The molecule has 0 bridgehead atoms. The maximum atomic E-state index is 8.97. The van der Waals surface area contributed by atoms with Crippen LogP contribution in [0.2, 0.25) is 0 Å². The van der Waals surface area contributed by atoms with Gasteiger partial charge < -0.3 is 5.11 Å². The second-order valence-corrected chi connectivity index (χ2v) is 2.14. The zero-order valence-corrected chi connectivity index (χ0v) is 5.65. The SMILES string of the molecule is Oc1[c]c2ncccc2nc1. The van der Waals surface area contributed by atoms with Crippen LogP contribution in [0.5, 0.6) is 5.75 Å². The average Bonchev–Trinajstić information content (AvgIpc) is 2.04. The third-order valence-corrected chi connectivity index (χ3v) is 1.36. The molecule has 0 unspecified atom stereocenters. The van der Waals surface area contributed by atoms with Crippen LogP contribution in [-0.2, 0) is 0 Å². The number of rotatable bonds is 0. The van der Waals surface area contributed by atoms with Crippen LogP contribution >= 0.6 is 0 Å². The molecule has 1 N–H and O–H groups in total. The summed E-state index contributed by atoms with van der Waals surface area (Å²) in [6.07, 6.45) is 2.99. The highest BCUT2D eigenvalue weighted by molar-refractivity contribution is 5.73. The van der Waals surface area contributed by atoms with Gasteiger partial charge in [-0.3, -0.25) is 9.97 Å². The molecule has 3 nitrogen and oxygen atoms in total. The highest BCUT2D eigenvalue weighted by Crippen LogP contribution is 2.12. The number of fused-ring (bicyclic) bond motifs is 1.